The van der Waals surface area contributed by atoms with Gasteiger partial charge in [0.2, 0.25) is 0 Å². The molecule has 2 N–H and O–H groups in total. The minimum absolute atomic E-state index is 0.587. The lowest BCUT2D eigenvalue weighted by molar-refractivity contribution is 0.171. The van der Waals surface area contributed by atoms with Crippen LogP contribution in [0, 0.1) is 17.3 Å². The van der Waals surface area contributed by atoms with Crippen LogP contribution in [0.25, 0.3) is 0 Å². The maximum absolute atomic E-state index is 5.21. The lowest BCUT2D eigenvalue weighted by atomic mass is 9.94. The van der Waals surface area contributed by atoms with Gasteiger partial charge in [-0.05, 0) is 55.9 Å². The summed E-state index contributed by atoms with van der Waals surface area (Å²) in [7, 11) is 1.81. The molecule has 3 heteroatoms. The SMILES string of the molecule is COCCC1(CNCC2NCC3CCCC32)CC1. The molecule has 18 heavy (non-hydrogen) atoms. The average Bonchev–Trinajstić information content (AvgIpc) is 2.83. The van der Waals surface area contributed by atoms with E-state index in [0.717, 1.165) is 24.5 Å². The monoisotopic (exact) mass is 252 g/mol. The van der Waals surface area contributed by atoms with Crippen molar-refractivity contribution in [3.63, 3.8) is 0 Å². The summed E-state index contributed by atoms with van der Waals surface area (Å²) in [6.45, 7) is 4.57. The van der Waals surface area contributed by atoms with Crippen LogP contribution in [0.3, 0.4) is 0 Å². The Hall–Kier alpha value is -0.120. The first-order valence-corrected chi connectivity index (χ1v) is 7.76. The quantitative estimate of drug-likeness (QED) is 0.724. The van der Waals surface area contributed by atoms with E-state index in [-0.39, 0.29) is 0 Å². The second kappa shape index (κ2) is 5.48. The number of hydrogen-bond acceptors (Lipinski definition) is 3. The standard InChI is InChI=1S/C15H28N2O/c1-18-8-7-15(5-6-15)11-16-10-14-13-4-2-3-12(13)9-17-14/h12-14,16-17H,2-11H2,1H3. The molecule has 3 aliphatic rings. The summed E-state index contributed by atoms with van der Waals surface area (Å²) in [5.74, 6) is 1.95. The van der Waals surface area contributed by atoms with Crippen LogP contribution in [0.5, 0.6) is 0 Å². The zero-order valence-electron chi connectivity index (χ0n) is 11.7. The molecule has 1 aliphatic heterocycles. The maximum atomic E-state index is 5.21. The van der Waals surface area contributed by atoms with E-state index in [9.17, 15) is 0 Å². The van der Waals surface area contributed by atoms with Crippen molar-refractivity contribution in [3.05, 3.63) is 0 Å². The van der Waals surface area contributed by atoms with Gasteiger partial charge in [0.25, 0.3) is 0 Å². The second-order valence-electron chi connectivity index (χ2n) is 6.74. The molecular formula is C15H28N2O. The molecule has 2 saturated carbocycles. The fourth-order valence-corrected chi connectivity index (χ4v) is 4.03. The molecule has 3 rings (SSSR count). The van der Waals surface area contributed by atoms with E-state index in [1.165, 1.54) is 58.2 Å². The lowest BCUT2D eigenvalue weighted by Gasteiger charge is -2.21. The molecule has 0 bridgehead atoms. The Morgan fingerprint density at radius 1 is 1.33 bits per heavy atom. The van der Waals surface area contributed by atoms with Crippen molar-refractivity contribution in [2.45, 2.75) is 44.6 Å². The van der Waals surface area contributed by atoms with Gasteiger partial charge in [-0.15, -0.1) is 0 Å². The summed E-state index contributed by atoms with van der Waals surface area (Å²) in [6.07, 6.45) is 8.41. The normalized spacial score (nSPS) is 36.8. The summed E-state index contributed by atoms with van der Waals surface area (Å²) in [4.78, 5) is 0. The Morgan fingerprint density at radius 3 is 3.00 bits per heavy atom. The highest BCUT2D eigenvalue weighted by Crippen LogP contribution is 2.48. The van der Waals surface area contributed by atoms with Crippen molar-refractivity contribution in [1.29, 1.82) is 0 Å². The first-order chi connectivity index (χ1) is 8.83. The van der Waals surface area contributed by atoms with Crippen LogP contribution < -0.4 is 10.6 Å². The Bertz CT molecular complexity index is 278. The largest absolute Gasteiger partial charge is 0.385 e. The molecule has 0 aromatic heterocycles. The highest BCUT2D eigenvalue weighted by Gasteiger charge is 2.42. The molecule has 3 unspecified atom stereocenters. The summed E-state index contributed by atoms with van der Waals surface area (Å²) in [5.41, 5.74) is 0.587. The maximum Gasteiger partial charge on any atom is 0.0468 e. The molecule has 0 radical (unpaired) electrons. The Morgan fingerprint density at radius 2 is 2.22 bits per heavy atom. The Labute approximate surface area is 111 Å². The van der Waals surface area contributed by atoms with Crippen molar-refractivity contribution in [3.8, 4) is 0 Å². The predicted octanol–water partition coefficient (Wildman–Crippen LogP) is 1.78. The van der Waals surface area contributed by atoms with Crippen LogP contribution in [0.15, 0.2) is 0 Å². The third-order valence-corrected chi connectivity index (χ3v) is 5.53. The van der Waals surface area contributed by atoms with E-state index in [0.29, 0.717) is 5.41 Å². The molecule has 0 aromatic rings. The van der Waals surface area contributed by atoms with E-state index >= 15 is 0 Å². The number of nitrogens with one attached hydrogen (secondary N) is 2. The molecule has 1 saturated heterocycles. The highest BCUT2D eigenvalue weighted by molar-refractivity contribution is 4.98. The van der Waals surface area contributed by atoms with Crippen molar-refractivity contribution in [1.82, 2.24) is 10.6 Å². The van der Waals surface area contributed by atoms with E-state index in [4.69, 9.17) is 4.74 Å². The molecule has 1 heterocycles. The van der Waals surface area contributed by atoms with Crippen LogP contribution in [0.1, 0.15) is 38.5 Å². The van der Waals surface area contributed by atoms with Gasteiger partial charge >= 0.3 is 0 Å². The smallest absolute Gasteiger partial charge is 0.0468 e. The van der Waals surface area contributed by atoms with Crippen molar-refractivity contribution < 1.29 is 4.74 Å². The van der Waals surface area contributed by atoms with Crippen LogP contribution in [-0.4, -0.2) is 39.4 Å². The van der Waals surface area contributed by atoms with Gasteiger partial charge in [-0.25, -0.2) is 0 Å². The van der Waals surface area contributed by atoms with Gasteiger partial charge < -0.3 is 15.4 Å². The summed E-state index contributed by atoms with van der Waals surface area (Å²) >= 11 is 0. The Kier molecular flexibility index (Phi) is 3.92. The molecule has 3 fully saturated rings. The summed E-state index contributed by atoms with van der Waals surface area (Å²) < 4.78 is 5.21. The van der Waals surface area contributed by atoms with Crippen LogP contribution in [0.4, 0.5) is 0 Å². The van der Waals surface area contributed by atoms with Gasteiger partial charge in [0.15, 0.2) is 0 Å². The molecule has 104 valence electrons. The third-order valence-electron chi connectivity index (χ3n) is 5.53. The zero-order valence-corrected chi connectivity index (χ0v) is 11.7. The highest BCUT2D eigenvalue weighted by atomic mass is 16.5. The number of rotatable bonds is 7. The van der Waals surface area contributed by atoms with E-state index in [2.05, 4.69) is 10.6 Å². The van der Waals surface area contributed by atoms with E-state index in [1.807, 2.05) is 7.11 Å². The molecule has 0 spiro atoms. The summed E-state index contributed by atoms with van der Waals surface area (Å²) in [5, 5.41) is 7.45. The van der Waals surface area contributed by atoms with Crippen LogP contribution in [0.2, 0.25) is 0 Å². The second-order valence-corrected chi connectivity index (χ2v) is 6.74. The van der Waals surface area contributed by atoms with Crippen LogP contribution >= 0.6 is 0 Å². The van der Waals surface area contributed by atoms with Crippen LogP contribution in [-0.2, 0) is 4.74 Å². The number of methoxy groups -OCH3 is 1. The van der Waals surface area contributed by atoms with Gasteiger partial charge in [0.1, 0.15) is 0 Å². The predicted molar refractivity (Wildman–Crippen MR) is 73.7 cm³/mol. The molecule has 0 amide bonds. The van der Waals surface area contributed by atoms with Gasteiger partial charge in [-0.3, -0.25) is 0 Å². The lowest BCUT2D eigenvalue weighted by Crippen LogP contribution is -2.40. The molecular weight excluding hydrogens is 224 g/mol. The van der Waals surface area contributed by atoms with Gasteiger partial charge in [0, 0.05) is 32.8 Å². The fourth-order valence-electron chi connectivity index (χ4n) is 4.03. The number of ether oxygens (including phenoxy) is 1. The van der Waals surface area contributed by atoms with Gasteiger partial charge in [0.05, 0.1) is 0 Å². The first-order valence-electron chi connectivity index (χ1n) is 7.76. The summed E-state index contributed by atoms with van der Waals surface area (Å²) in [6, 6.07) is 0.746. The third kappa shape index (κ3) is 2.73. The molecule has 2 aliphatic carbocycles. The van der Waals surface area contributed by atoms with Crippen molar-refractivity contribution in [2.75, 3.05) is 33.4 Å². The minimum atomic E-state index is 0.587. The average molecular weight is 252 g/mol. The van der Waals surface area contributed by atoms with E-state index in [1.54, 1.807) is 0 Å². The van der Waals surface area contributed by atoms with Gasteiger partial charge in [-0.1, -0.05) is 6.42 Å². The molecule has 3 nitrogen and oxygen atoms in total. The number of hydrogen-bond donors (Lipinski definition) is 2. The number of fused-ring (bicyclic) bond motifs is 1. The van der Waals surface area contributed by atoms with E-state index < -0.39 is 0 Å². The Balaban J connectivity index is 1.37. The van der Waals surface area contributed by atoms with Crippen molar-refractivity contribution >= 4 is 0 Å². The van der Waals surface area contributed by atoms with Crippen molar-refractivity contribution in [2.24, 2.45) is 17.3 Å². The minimum Gasteiger partial charge on any atom is -0.385 e. The fraction of sp³-hybridized carbons (Fsp3) is 1.00. The molecule has 0 aromatic carbocycles. The topological polar surface area (TPSA) is 33.3 Å². The van der Waals surface area contributed by atoms with Gasteiger partial charge in [-0.2, -0.15) is 0 Å². The zero-order chi connectivity index (χ0) is 12.4. The molecule has 3 atom stereocenters. The first kappa shape index (κ1) is 12.9.